The van der Waals surface area contributed by atoms with Crippen molar-refractivity contribution in [2.75, 3.05) is 12.4 Å². The van der Waals surface area contributed by atoms with Gasteiger partial charge in [-0.2, -0.15) is 0 Å². The molecule has 0 aliphatic heterocycles. The van der Waals surface area contributed by atoms with Crippen LogP contribution in [0.25, 0.3) is 0 Å². The first-order valence-corrected chi connectivity index (χ1v) is 9.58. The van der Waals surface area contributed by atoms with Crippen molar-refractivity contribution in [3.63, 3.8) is 0 Å². The second-order valence-corrected chi connectivity index (χ2v) is 8.00. The summed E-state index contributed by atoms with van der Waals surface area (Å²) in [5.41, 5.74) is 0.928. The minimum Gasteiger partial charge on any atom is -0.495 e. The van der Waals surface area contributed by atoms with Crippen molar-refractivity contribution >= 4 is 88.3 Å². The zero-order valence-electron chi connectivity index (χ0n) is 12.1. The van der Waals surface area contributed by atoms with Gasteiger partial charge in [0.05, 0.1) is 27.9 Å². The molecule has 0 radical (unpaired) electrons. The van der Waals surface area contributed by atoms with Gasteiger partial charge in [-0.15, -0.1) is 0 Å². The monoisotopic (exact) mass is 554 g/mol. The second-order valence-electron chi connectivity index (χ2n) is 4.50. The molecule has 4 nitrogen and oxygen atoms in total. The lowest BCUT2D eigenvalue weighted by Gasteiger charge is -2.14. The van der Waals surface area contributed by atoms with E-state index in [1.54, 1.807) is 24.3 Å². The van der Waals surface area contributed by atoms with Crippen LogP contribution in [0.1, 0.15) is 10.4 Å². The van der Waals surface area contributed by atoms with Crippen molar-refractivity contribution in [2.45, 2.75) is 0 Å². The lowest BCUT2D eigenvalue weighted by molar-refractivity contribution is 0.0974. The molecule has 0 unspecified atom stereocenters. The largest absolute Gasteiger partial charge is 0.495 e. The van der Waals surface area contributed by atoms with Crippen molar-refractivity contribution in [3.05, 3.63) is 54.3 Å². The third kappa shape index (κ3) is 4.92. The van der Waals surface area contributed by atoms with Gasteiger partial charge in [-0.05, 0) is 58.5 Å². The van der Waals surface area contributed by atoms with Crippen LogP contribution in [-0.2, 0) is 0 Å². The van der Waals surface area contributed by atoms with E-state index in [2.05, 4.69) is 58.4 Å². The number of rotatable bonds is 3. The Labute approximate surface area is 174 Å². The summed E-state index contributed by atoms with van der Waals surface area (Å²) in [4.78, 5) is 12.5. The highest BCUT2D eigenvalue weighted by atomic mass is 79.9. The van der Waals surface area contributed by atoms with Crippen LogP contribution in [0, 0.1) is 0 Å². The van der Waals surface area contributed by atoms with Gasteiger partial charge in [-0.3, -0.25) is 10.1 Å². The molecule has 2 aromatic rings. The topological polar surface area (TPSA) is 50.4 Å². The van der Waals surface area contributed by atoms with E-state index in [1.807, 2.05) is 6.07 Å². The number of anilines is 1. The predicted molar refractivity (Wildman–Crippen MR) is 111 cm³/mol. The molecule has 0 aliphatic carbocycles. The van der Waals surface area contributed by atoms with E-state index in [0.29, 0.717) is 26.5 Å². The van der Waals surface area contributed by atoms with Crippen molar-refractivity contribution in [2.24, 2.45) is 0 Å². The van der Waals surface area contributed by atoms with Gasteiger partial charge < -0.3 is 10.1 Å². The highest BCUT2D eigenvalue weighted by molar-refractivity contribution is 9.11. The minimum absolute atomic E-state index is 0.127. The number of amides is 1. The molecule has 0 saturated heterocycles. The molecule has 9 heteroatoms. The number of carbonyl (C=O) groups excluding carboxylic acids is 1. The van der Waals surface area contributed by atoms with Gasteiger partial charge in [0.2, 0.25) is 0 Å². The third-order valence-electron chi connectivity index (χ3n) is 2.86. The zero-order chi connectivity index (χ0) is 17.9. The lowest BCUT2D eigenvalue weighted by atomic mass is 10.2. The van der Waals surface area contributed by atoms with Gasteiger partial charge >= 0.3 is 0 Å². The smallest absolute Gasteiger partial charge is 0.261 e. The first-order valence-electron chi connectivity index (χ1n) is 6.42. The number of hydrogen-bond donors (Lipinski definition) is 2. The Bertz CT molecular complexity index is 818. The summed E-state index contributed by atoms with van der Waals surface area (Å²) in [5, 5.41) is 6.10. The summed E-state index contributed by atoms with van der Waals surface area (Å²) < 4.78 is 7.49. The van der Waals surface area contributed by atoms with Crippen molar-refractivity contribution in [1.82, 2.24) is 5.32 Å². The molecule has 0 heterocycles. The van der Waals surface area contributed by atoms with Gasteiger partial charge in [0.1, 0.15) is 5.75 Å². The van der Waals surface area contributed by atoms with Gasteiger partial charge in [-0.1, -0.05) is 43.5 Å². The van der Waals surface area contributed by atoms with Crippen LogP contribution in [0.15, 0.2) is 43.7 Å². The summed E-state index contributed by atoms with van der Waals surface area (Å²) in [6, 6.07) is 8.72. The maximum absolute atomic E-state index is 12.5. The molecule has 2 rings (SSSR count). The number of halogens is 4. The van der Waals surface area contributed by atoms with E-state index >= 15 is 0 Å². The molecule has 2 aromatic carbocycles. The van der Waals surface area contributed by atoms with Crippen molar-refractivity contribution < 1.29 is 9.53 Å². The quantitative estimate of drug-likeness (QED) is 0.472. The van der Waals surface area contributed by atoms with Gasteiger partial charge in [0.25, 0.3) is 5.91 Å². The van der Waals surface area contributed by atoms with E-state index in [0.717, 1.165) is 8.95 Å². The lowest BCUT2D eigenvalue weighted by Crippen LogP contribution is -2.34. The van der Waals surface area contributed by atoms with Crippen LogP contribution >= 0.6 is 71.6 Å². The Balaban J connectivity index is 2.16. The predicted octanol–water partition coefficient (Wildman–Crippen LogP) is 5.76. The van der Waals surface area contributed by atoms with Crippen molar-refractivity contribution in [3.8, 4) is 5.75 Å². The minimum atomic E-state index is -0.403. The van der Waals surface area contributed by atoms with Crippen LogP contribution in [0.3, 0.4) is 0 Å². The number of methoxy groups -OCH3 is 1. The van der Waals surface area contributed by atoms with Crippen LogP contribution in [0.2, 0.25) is 5.02 Å². The molecule has 0 spiro atoms. The summed E-state index contributed by atoms with van der Waals surface area (Å²) in [5.74, 6) is 0.0137. The van der Waals surface area contributed by atoms with E-state index in [-0.39, 0.29) is 5.11 Å². The Morgan fingerprint density at radius 2 is 1.88 bits per heavy atom. The Morgan fingerprint density at radius 3 is 2.50 bits per heavy atom. The van der Waals surface area contributed by atoms with E-state index in [1.165, 1.54) is 7.11 Å². The molecule has 126 valence electrons. The molecule has 0 atom stereocenters. The molecular weight excluding hydrogens is 547 g/mol. The summed E-state index contributed by atoms with van der Waals surface area (Å²) in [6.07, 6.45) is 0. The SMILES string of the molecule is COc1c(Br)cc(Br)cc1C(=O)NC(=S)Nc1ccc(Br)cc1Cl. The Hall–Kier alpha value is -0.670. The van der Waals surface area contributed by atoms with Gasteiger partial charge in [-0.25, -0.2) is 0 Å². The van der Waals surface area contributed by atoms with Gasteiger partial charge in [0, 0.05) is 8.95 Å². The van der Waals surface area contributed by atoms with Crippen LogP contribution in [0.5, 0.6) is 5.75 Å². The number of thiocarbonyl (C=S) groups is 1. The standard InChI is InChI=1S/C15H10Br3ClN2O2S/c1-23-13-9(4-8(17)5-10(13)18)14(22)21-15(24)20-12-3-2-7(16)6-11(12)19/h2-6H,1H3,(H2,20,21,22,24). The number of carbonyl (C=O) groups is 1. The average Bonchev–Trinajstić information content (AvgIpc) is 2.49. The number of hydrogen-bond acceptors (Lipinski definition) is 3. The molecule has 0 bridgehead atoms. The van der Waals surface area contributed by atoms with Gasteiger partial charge in [0.15, 0.2) is 5.11 Å². The number of ether oxygens (including phenoxy) is 1. The maximum Gasteiger partial charge on any atom is 0.261 e. The number of nitrogens with one attached hydrogen (secondary N) is 2. The fourth-order valence-corrected chi connectivity index (χ4v) is 4.16. The summed E-state index contributed by atoms with van der Waals surface area (Å²) in [7, 11) is 1.49. The molecule has 0 saturated carbocycles. The molecule has 2 N–H and O–H groups in total. The maximum atomic E-state index is 12.5. The molecular formula is C15H10Br3ClN2O2S. The van der Waals surface area contributed by atoms with E-state index < -0.39 is 5.91 Å². The van der Waals surface area contributed by atoms with E-state index in [4.69, 9.17) is 28.6 Å². The number of benzene rings is 2. The molecule has 0 aromatic heterocycles. The fraction of sp³-hybridized carbons (Fsp3) is 0.0667. The first kappa shape index (κ1) is 19.7. The molecule has 1 amide bonds. The highest BCUT2D eigenvalue weighted by Gasteiger charge is 2.17. The summed E-state index contributed by atoms with van der Waals surface area (Å²) >= 11 is 21.3. The molecule has 0 fully saturated rings. The van der Waals surface area contributed by atoms with E-state index in [9.17, 15) is 4.79 Å². The van der Waals surface area contributed by atoms with Crippen LogP contribution in [0.4, 0.5) is 5.69 Å². The van der Waals surface area contributed by atoms with Crippen LogP contribution in [-0.4, -0.2) is 18.1 Å². The molecule has 0 aliphatic rings. The summed E-state index contributed by atoms with van der Waals surface area (Å²) in [6.45, 7) is 0. The third-order valence-corrected chi connectivity index (χ3v) is 4.92. The second kappa shape index (κ2) is 8.62. The Kier molecular flexibility index (Phi) is 7.06. The normalized spacial score (nSPS) is 10.2. The highest BCUT2D eigenvalue weighted by Crippen LogP contribution is 2.32. The zero-order valence-corrected chi connectivity index (χ0v) is 18.5. The first-order chi connectivity index (χ1) is 11.3. The van der Waals surface area contributed by atoms with Crippen molar-refractivity contribution in [1.29, 1.82) is 0 Å². The molecule has 24 heavy (non-hydrogen) atoms. The fourth-order valence-electron chi connectivity index (χ4n) is 1.85. The van der Waals surface area contributed by atoms with Crippen LogP contribution < -0.4 is 15.4 Å². The Morgan fingerprint density at radius 1 is 1.17 bits per heavy atom. The average molecular weight is 557 g/mol.